The molecule has 2 aliphatic rings. The highest BCUT2D eigenvalue weighted by Gasteiger charge is 2.29. The third-order valence-electron chi connectivity index (χ3n) is 5.90. The summed E-state index contributed by atoms with van der Waals surface area (Å²) in [6, 6.07) is 11.5. The fraction of sp³-hybridized carbons (Fsp3) is 0.417. The van der Waals surface area contributed by atoms with Crippen molar-refractivity contribution >= 4 is 27.6 Å². The minimum Gasteiger partial charge on any atom is -0.484 e. The number of hydrogen-bond donors (Lipinski definition) is 0. The Balaban J connectivity index is 1.43. The van der Waals surface area contributed by atoms with Crippen LogP contribution < -0.4 is 9.64 Å². The lowest BCUT2D eigenvalue weighted by atomic mass is 10.0. The highest BCUT2D eigenvalue weighted by atomic mass is 32.2. The Bertz CT molecular complexity index is 1120. The number of carbonyl (C=O) groups excluding carboxylic acids is 2. The third-order valence-corrected chi connectivity index (χ3v) is 7.80. The van der Waals surface area contributed by atoms with E-state index in [-0.39, 0.29) is 17.4 Å². The molecule has 0 aromatic heterocycles. The highest BCUT2D eigenvalue weighted by molar-refractivity contribution is 7.89. The number of sulfonamides is 1. The standard InChI is InChI=1S/C24H28N2O6S/c1-2-31-24(28)18-7-9-20(10-8-18)32-17-23(27)26-15-5-6-19-16-21(11-12-22(19)26)33(29,30)25-13-3-4-14-25/h7-12,16H,2-6,13-15,17H2,1H3. The lowest BCUT2D eigenvalue weighted by molar-refractivity contribution is -0.120. The maximum atomic E-state index is 12.9. The molecule has 2 aromatic rings. The van der Waals surface area contributed by atoms with Crippen molar-refractivity contribution in [2.45, 2.75) is 37.5 Å². The quantitative estimate of drug-likeness (QED) is 0.575. The molecule has 0 radical (unpaired) electrons. The number of rotatable bonds is 7. The molecule has 1 saturated heterocycles. The number of nitrogens with zero attached hydrogens (tertiary/aromatic N) is 2. The van der Waals surface area contributed by atoms with E-state index in [1.54, 1.807) is 54.3 Å². The smallest absolute Gasteiger partial charge is 0.338 e. The number of amides is 1. The molecule has 33 heavy (non-hydrogen) atoms. The number of hydrogen-bond acceptors (Lipinski definition) is 6. The second kappa shape index (κ2) is 9.93. The zero-order chi connectivity index (χ0) is 23.4. The van der Waals surface area contributed by atoms with Gasteiger partial charge in [0.05, 0.1) is 17.1 Å². The fourth-order valence-corrected chi connectivity index (χ4v) is 5.76. The monoisotopic (exact) mass is 472 g/mol. The van der Waals surface area contributed by atoms with Crippen LogP contribution in [0.5, 0.6) is 5.75 Å². The van der Waals surface area contributed by atoms with Crippen molar-refractivity contribution in [1.29, 1.82) is 0 Å². The number of fused-ring (bicyclic) bond motifs is 1. The van der Waals surface area contributed by atoms with E-state index in [4.69, 9.17) is 9.47 Å². The molecule has 0 aliphatic carbocycles. The summed E-state index contributed by atoms with van der Waals surface area (Å²) in [5.74, 6) is -0.141. The van der Waals surface area contributed by atoms with Gasteiger partial charge in [0.1, 0.15) is 5.75 Å². The number of esters is 1. The van der Waals surface area contributed by atoms with Crippen molar-refractivity contribution in [3.63, 3.8) is 0 Å². The molecule has 2 aromatic carbocycles. The minimum absolute atomic E-state index is 0.161. The molecule has 4 rings (SSSR count). The van der Waals surface area contributed by atoms with Gasteiger partial charge in [-0.15, -0.1) is 0 Å². The molecule has 0 atom stereocenters. The Kier molecular flexibility index (Phi) is 6.99. The predicted octanol–water partition coefficient (Wildman–Crippen LogP) is 3.01. The first kappa shape index (κ1) is 23.3. The first-order valence-corrected chi connectivity index (χ1v) is 12.7. The second-order valence-electron chi connectivity index (χ2n) is 8.08. The van der Waals surface area contributed by atoms with Gasteiger partial charge in [-0.3, -0.25) is 4.79 Å². The van der Waals surface area contributed by atoms with Crippen LogP contribution in [0.25, 0.3) is 0 Å². The van der Waals surface area contributed by atoms with Crippen LogP contribution >= 0.6 is 0 Å². The van der Waals surface area contributed by atoms with Crippen LogP contribution in [0.1, 0.15) is 42.1 Å². The summed E-state index contributed by atoms with van der Waals surface area (Å²) >= 11 is 0. The molecule has 8 nitrogen and oxygen atoms in total. The van der Waals surface area contributed by atoms with E-state index in [1.807, 2.05) is 0 Å². The summed E-state index contributed by atoms with van der Waals surface area (Å²) in [7, 11) is -3.50. The van der Waals surface area contributed by atoms with Crippen molar-refractivity contribution in [2.24, 2.45) is 0 Å². The average Bonchev–Trinajstić information content (AvgIpc) is 3.38. The molecular formula is C24H28N2O6S. The molecule has 2 heterocycles. The summed E-state index contributed by atoms with van der Waals surface area (Å²) in [6.45, 7) is 3.55. The Labute approximate surface area is 194 Å². The Morgan fingerprint density at radius 2 is 1.70 bits per heavy atom. The van der Waals surface area contributed by atoms with Crippen molar-refractivity contribution in [1.82, 2.24) is 4.31 Å². The average molecular weight is 473 g/mol. The summed E-state index contributed by atoms with van der Waals surface area (Å²) in [5, 5.41) is 0. The van der Waals surface area contributed by atoms with Crippen LogP contribution in [0, 0.1) is 0 Å². The maximum Gasteiger partial charge on any atom is 0.338 e. The third kappa shape index (κ3) is 5.04. The van der Waals surface area contributed by atoms with Crippen LogP contribution in [-0.4, -0.2) is 57.4 Å². The molecule has 176 valence electrons. The van der Waals surface area contributed by atoms with Gasteiger partial charge in [0.25, 0.3) is 5.91 Å². The van der Waals surface area contributed by atoms with E-state index in [0.29, 0.717) is 37.6 Å². The molecule has 0 unspecified atom stereocenters. The molecule has 0 bridgehead atoms. The van der Waals surface area contributed by atoms with E-state index in [1.165, 1.54) is 4.31 Å². The minimum atomic E-state index is -3.50. The van der Waals surface area contributed by atoms with Gasteiger partial charge in [-0.2, -0.15) is 4.31 Å². The topological polar surface area (TPSA) is 93.2 Å². The summed E-state index contributed by atoms with van der Waals surface area (Å²) in [6.07, 6.45) is 3.24. The Morgan fingerprint density at radius 3 is 2.39 bits per heavy atom. The molecule has 2 aliphatic heterocycles. The van der Waals surface area contributed by atoms with Crippen LogP contribution in [0.4, 0.5) is 5.69 Å². The van der Waals surface area contributed by atoms with Gasteiger partial charge in [-0.1, -0.05) is 0 Å². The van der Waals surface area contributed by atoms with Gasteiger partial charge in [0.15, 0.2) is 6.61 Å². The Morgan fingerprint density at radius 1 is 0.970 bits per heavy atom. The van der Waals surface area contributed by atoms with Crippen LogP contribution in [0.3, 0.4) is 0 Å². The van der Waals surface area contributed by atoms with Crippen LogP contribution in [0.2, 0.25) is 0 Å². The molecule has 9 heteroatoms. The fourth-order valence-electron chi connectivity index (χ4n) is 4.20. The SMILES string of the molecule is CCOC(=O)c1ccc(OCC(=O)N2CCCc3cc(S(=O)(=O)N4CCCC4)ccc32)cc1. The summed E-state index contributed by atoms with van der Waals surface area (Å²) < 4.78 is 37.9. The lowest BCUT2D eigenvalue weighted by Crippen LogP contribution is -2.38. The number of anilines is 1. The largest absolute Gasteiger partial charge is 0.484 e. The van der Waals surface area contributed by atoms with Gasteiger partial charge >= 0.3 is 5.97 Å². The van der Waals surface area contributed by atoms with E-state index in [2.05, 4.69) is 0 Å². The van der Waals surface area contributed by atoms with Crippen LogP contribution in [-0.2, 0) is 26.0 Å². The number of benzene rings is 2. The van der Waals surface area contributed by atoms with E-state index in [0.717, 1.165) is 36.9 Å². The molecule has 0 N–H and O–H groups in total. The summed E-state index contributed by atoms with van der Waals surface area (Å²) in [4.78, 5) is 26.6. The van der Waals surface area contributed by atoms with Gasteiger partial charge < -0.3 is 14.4 Å². The molecular weight excluding hydrogens is 444 g/mol. The number of carbonyl (C=O) groups is 2. The van der Waals surface area contributed by atoms with Gasteiger partial charge in [-0.05, 0) is 80.6 Å². The van der Waals surface area contributed by atoms with E-state index < -0.39 is 16.0 Å². The van der Waals surface area contributed by atoms with Crippen molar-refractivity contribution in [3.05, 3.63) is 53.6 Å². The molecule has 1 fully saturated rings. The van der Waals surface area contributed by atoms with E-state index in [9.17, 15) is 18.0 Å². The maximum absolute atomic E-state index is 12.9. The predicted molar refractivity (Wildman–Crippen MR) is 123 cm³/mol. The number of aryl methyl sites for hydroxylation is 1. The molecule has 1 amide bonds. The van der Waals surface area contributed by atoms with Gasteiger partial charge in [0.2, 0.25) is 10.0 Å². The van der Waals surface area contributed by atoms with Gasteiger partial charge in [-0.25, -0.2) is 13.2 Å². The van der Waals surface area contributed by atoms with Gasteiger partial charge in [0, 0.05) is 25.3 Å². The Hall–Kier alpha value is -2.91. The van der Waals surface area contributed by atoms with Crippen molar-refractivity contribution in [2.75, 3.05) is 37.7 Å². The summed E-state index contributed by atoms with van der Waals surface area (Å²) in [5.41, 5.74) is 2.00. The van der Waals surface area contributed by atoms with Crippen LogP contribution in [0.15, 0.2) is 47.4 Å². The first-order chi connectivity index (χ1) is 15.9. The second-order valence-corrected chi connectivity index (χ2v) is 10.0. The highest BCUT2D eigenvalue weighted by Crippen LogP contribution is 2.31. The number of ether oxygens (including phenoxy) is 2. The zero-order valence-electron chi connectivity index (χ0n) is 18.7. The van der Waals surface area contributed by atoms with Crippen molar-refractivity contribution < 1.29 is 27.5 Å². The first-order valence-electron chi connectivity index (χ1n) is 11.2. The normalized spacial score (nSPS) is 16.3. The zero-order valence-corrected chi connectivity index (χ0v) is 19.5. The molecule has 0 saturated carbocycles. The lowest BCUT2D eigenvalue weighted by Gasteiger charge is -2.30. The molecule has 0 spiro atoms. The van der Waals surface area contributed by atoms with E-state index >= 15 is 0 Å². The van der Waals surface area contributed by atoms with Crippen molar-refractivity contribution in [3.8, 4) is 5.75 Å².